The molecule has 0 aliphatic heterocycles. The molecular weight excluding hydrogens is 230 g/mol. The minimum atomic E-state index is 0.399. The molecule has 0 N–H and O–H groups in total. The van der Waals surface area contributed by atoms with E-state index in [1.807, 2.05) is 24.9 Å². The standard InChI is InChI=1S/C13H19N3S/c1-4-17-9-7-11(2)16(3)13-12(10-14)6-5-8-15-13/h5-6,8,11H,4,7,9H2,1-3H3/t11-/m0/s1. The molecule has 0 saturated heterocycles. The number of pyridine rings is 1. The topological polar surface area (TPSA) is 39.9 Å². The van der Waals surface area contributed by atoms with E-state index in [0.29, 0.717) is 11.6 Å². The van der Waals surface area contributed by atoms with Gasteiger partial charge in [0.05, 0.1) is 5.56 Å². The van der Waals surface area contributed by atoms with Gasteiger partial charge in [-0.15, -0.1) is 0 Å². The van der Waals surface area contributed by atoms with Crippen LogP contribution in [0, 0.1) is 11.3 Å². The number of aromatic nitrogens is 1. The Kier molecular flexibility index (Phi) is 5.85. The van der Waals surface area contributed by atoms with E-state index in [2.05, 4.69) is 29.8 Å². The first-order chi connectivity index (χ1) is 8.20. The van der Waals surface area contributed by atoms with Crippen molar-refractivity contribution >= 4 is 17.6 Å². The van der Waals surface area contributed by atoms with Gasteiger partial charge in [-0.2, -0.15) is 17.0 Å². The van der Waals surface area contributed by atoms with Crippen molar-refractivity contribution in [2.45, 2.75) is 26.3 Å². The average Bonchev–Trinajstić information content (AvgIpc) is 2.38. The molecule has 0 aliphatic rings. The Morgan fingerprint density at radius 2 is 2.35 bits per heavy atom. The monoisotopic (exact) mass is 249 g/mol. The van der Waals surface area contributed by atoms with Gasteiger partial charge in [0, 0.05) is 19.3 Å². The molecule has 0 saturated carbocycles. The smallest absolute Gasteiger partial charge is 0.146 e. The first kappa shape index (κ1) is 13.9. The summed E-state index contributed by atoms with van der Waals surface area (Å²) < 4.78 is 0. The minimum absolute atomic E-state index is 0.399. The van der Waals surface area contributed by atoms with Crippen LogP contribution in [0.15, 0.2) is 18.3 Å². The first-order valence-corrected chi connectivity index (χ1v) is 7.01. The Hall–Kier alpha value is -1.21. The van der Waals surface area contributed by atoms with Gasteiger partial charge in [0.1, 0.15) is 11.9 Å². The maximum Gasteiger partial charge on any atom is 0.146 e. The molecule has 0 bridgehead atoms. The Bertz CT molecular complexity index is 386. The van der Waals surface area contributed by atoms with Crippen molar-refractivity contribution < 1.29 is 0 Å². The molecule has 3 nitrogen and oxygen atoms in total. The van der Waals surface area contributed by atoms with E-state index in [9.17, 15) is 0 Å². The van der Waals surface area contributed by atoms with Crippen molar-refractivity contribution in [3.05, 3.63) is 23.9 Å². The molecule has 0 spiro atoms. The quantitative estimate of drug-likeness (QED) is 0.727. The molecule has 17 heavy (non-hydrogen) atoms. The van der Waals surface area contributed by atoms with E-state index >= 15 is 0 Å². The Morgan fingerprint density at radius 3 is 3.00 bits per heavy atom. The Balaban J connectivity index is 2.68. The highest BCUT2D eigenvalue weighted by Crippen LogP contribution is 2.19. The van der Waals surface area contributed by atoms with Crippen molar-refractivity contribution in [1.82, 2.24) is 4.98 Å². The zero-order valence-electron chi connectivity index (χ0n) is 10.7. The molecule has 4 heteroatoms. The third kappa shape index (κ3) is 3.94. The Labute approximate surface area is 108 Å². The average molecular weight is 249 g/mol. The lowest BCUT2D eigenvalue weighted by atomic mass is 10.2. The van der Waals surface area contributed by atoms with Crippen LogP contribution in [-0.4, -0.2) is 29.6 Å². The first-order valence-electron chi connectivity index (χ1n) is 5.86. The number of nitriles is 1. The number of rotatable bonds is 6. The van der Waals surface area contributed by atoms with Gasteiger partial charge in [-0.25, -0.2) is 4.98 Å². The number of anilines is 1. The maximum absolute atomic E-state index is 9.04. The van der Waals surface area contributed by atoms with Crippen molar-refractivity contribution in [1.29, 1.82) is 5.26 Å². The van der Waals surface area contributed by atoms with Gasteiger partial charge < -0.3 is 4.90 Å². The van der Waals surface area contributed by atoms with E-state index < -0.39 is 0 Å². The molecule has 0 aliphatic carbocycles. The van der Waals surface area contributed by atoms with Gasteiger partial charge in [-0.3, -0.25) is 0 Å². The van der Waals surface area contributed by atoms with Crippen LogP contribution < -0.4 is 4.90 Å². The molecule has 92 valence electrons. The fourth-order valence-electron chi connectivity index (χ4n) is 1.57. The zero-order valence-corrected chi connectivity index (χ0v) is 11.5. The number of nitrogens with zero attached hydrogens (tertiary/aromatic N) is 3. The second-order valence-electron chi connectivity index (χ2n) is 3.93. The van der Waals surface area contributed by atoms with Crippen LogP contribution in [0.25, 0.3) is 0 Å². The summed E-state index contributed by atoms with van der Waals surface area (Å²) in [6.07, 6.45) is 2.84. The van der Waals surface area contributed by atoms with Gasteiger partial charge >= 0.3 is 0 Å². The summed E-state index contributed by atoms with van der Waals surface area (Å²) in [5.74, 6) is 3.09. The number of hydrogen-bond donors (Lipinski definition) is 0. The highest BCUT2D eigenvalue weighted by molar-refractivity contribution is 7.99. The van der Waals surface area contributed by atoms with Crippen LogP contribution in [0.5, 0.6) is 0 Å². The molecule has 0 unspecified atom stereocenters. The second-order valence-corrected chi connectivity index (χ2v) is 5.33. The van der Waals surface area contributed by atoms with Crippen LogP contribution in [0.4, 0.5) is 5.82 Å². The van der Waals surface area contributed by atoms with Crippen molar-refractivity contribution in [2.24, 2.45) is 0 Å². The van der Waals surface area contributed by atoms with Gasteiger partial charge in [0.25, 0.3) is 0 Å². The molecule has 0 radical (unpaired) electrons. The lowest BCUT2D eigenvalue weighted by Gasteiger charge is -2.26. The van der Waals surface area contributed by atoms with Gasteiger partial charge in [0.15, 0.2) is 0 Å². The molecule has 1 aromatic rings. The number of hydrogen-bond acceptors (Lipinski definition) is 4. The third-order valence-electron chi connectivity index (χ3n) is 2.79. The SMILES string of the molecule is CCSCC[C@H](C)N(C)c1ncccc1C#N. The summed E-state index contributed by atoms with van der Waals surface area (Å²) in [4.78, 5) is 6.39. The summed E-state index contributed by atoms with van der Waals surface area (Å²) in [6.45, 7) is 4.34. The Morgan fingerprint density at radius 1 is 1.59 bits per heavy atom. The second kappa shape index (κ2) is 7.18. The van der Waals surface area contributed by atoms with E-state index in [1.165, 1.54) is 0 Å². The summed E-state index contributed by atoms with van der Waals surface area (Å²) in [7, 11) is 2.00. The van der Waals surface area contributed by atoms with Crippen molar-refractivity contribution in [3.8, 4) is 6.07 Å². The summed E-state index contributed by atoms with van der Waals surface area (Å²) in [5.41, 5.74) is 0.644. The van der Waals surface area contributed by atoms with Crippen LogP contribution in [0.3, 0.4) is 0 Å². The third-order valence-corrected chi connectivity index (χ3v) is 3.72. The molecular formula is C13H19N3S. The fraction of sp³-hybridized carbons (Fsp3) is 0.538. The van der Waals surface area contributed by atoms with Crippen LogP contribution in [0.1, 0.15) is 25.8 Å². The molecule has 1 aromatic heterocycles. The van der Waals surface area contributed by atoms with E-state index in [0.717, 1.165) is 23.7 Å². The van der Waals surface area contributed by atoms with Gasteiger partial charge in [-0.05, 0) is 37.0 Å². The molecule has 0 aromatic carbocycles. The molecule has 1 atom stereocenters. The summed E-state index contributed by atoms with van der Waals surface area (Å²) >= 11 is 1.95. The fourth-order valence-corrected chi connectivity index (χ4v) is 2.36. The summed E-state index contributed by atoms with van der Waals surface area (Å²) in [5, 5.41) is 9.04. The predicted octanol–water partition coefficient (Wildman–Crippen LogP) is 2.92. The lowest BCUT2D eigenvalue weighted by molar-refractivity contribution is 0.661. The molecule has 1 heterocycles. The maximum atomic E-state index is 9.04. The highest BCUT2D eigenvalue weighted by Gasteiger charge is 2.14. The number of thioether (sulfide) groups is 1. The lowest BCUT2D eigenvalue weighted by Crippen LogP contribution is -2.30. The molecule has 0 amide bonds. The van der Waals surface area contributed by atoms with Gasteiger partial charge in [0.2, 0.25) is 0 Å². The van der Waals surface area contributed by atoms with Gasteiger partial charge in [-0.1, -0.05) is 6.92 Å². The largest absolute Gasteiger partial charge is 0.356 e. The molecule has 0 fully saturated rings. The van der Waals surface area contributed by atoms with Crippen molar-refractivity contribution in [2.75, 3.05) is 23.5 Å². The molecule has 1 rings (SSSR count). The van der Waals surface area contributed by atoms with Crippen LogP contribution in [-0.2, 0) is 0 Å². The van der Waals surface area contributed by atoms with Crippen LogP contribution in [0.2, 0.25) is 0 Å². The van der Waals surface area contributed by atoms with E-state index in [4.69, 9.17) is 5.26 Å². The van der Waals surface area contributed by atoms with E-state index in [1.54, 1.807) is 12.3 Å². The minimum Gasteiger partial charge on any atom is -0.356 e. The van der Waals surface area contributed by atoms with Crippen LogP contribution >= 0.6 is 11.8 Å². The van der Waals surface area contributed by atoms with Crippen molar-refractivity contribution in [3.63, 3.8) is 0 Å². The summed E-state index contributed by atoms with van der Waals surface area (Å²) in [6, 6.07) is 6.20. The normalized spacial score (nSPS) is 11.9. The predicted molar refractivity (Wildman–Crippen MR) is 74.4 cm³/mol. The zero-order chi connectivity index (χ0) is 12.7. The van der Waals surface area contributed by atoms with E-state index in [-0.39, 0.29) is 0 Å². The highest BCUT2D eigenvalue weighted by atomic mass is 32.2.